The Kier molecular flexibility index (Phi) is 2.79. The van der Waals surface area contributed by atoms with E-state index < -0.39 is 0 Å². The molecule has 0 heterocycles. The summed E-state index contributed by atoms with van der Waals surface area (Å²) in [4.78, 5) is 0. The van der Waals surface area contributed by atoms with Crippen LogP contribution < -0.4 is 5.73 Å². The second kappa shape index (κ2) is 3.96. The average molecular weight is 237 g/mol. The number of methoxy groups -OCH3 is 1. The summed E-state index contributed by atoms with van der Waals surface area (Å²) in [6, 6.07) is 0.433. The number of fused-ring (bicyclic) bond motifs is 5. The zero-order chi connectivity index (χ0) is 12.2. The molecule has 0 saturated heterocycles. The Labute approximate surface area is 105 Å². The molecule has 2 N–H and O–H groups in total. The number of ether oxygens (including phenoxy) is 1. The van der Waals surface area contributed by atoms with Crippen molar-refractivity contribution in [3.63, 3.8) is 0 Å². The van der Waals surface area contributed by atoms with Crippen LogP contribution in [0.25, 0.3) is 0 Å². The Morgan fingerprint density at radius 3 is 2.35 bits per heavy atom. The van der Waals surface area contributed by atoms with E-state index in [0.29, 0.717) is 6.04 Å². The lowest BCUT2D eigenvalue weighted by molar-refractivity contribution is 0.0117. The van der Waals surface area contributed by atoms with Crippen LogP contribution in [-0.2, 0) is 4.74 Å². The summed E-state index contributed by atoms with van der Waals surface area (Å²) in [5, 5.41) is 0. The lowest BCUT2D eigenvalue weighted by Crippen LogP contribution is -2.31. The van der Waals surface area contributed by atoms with Gasteiger partial charge in [0.1, 0.15) is 0 Å². The van der Waals surface area contributed by atoms with Crippen molar-refractivity contribution in [1.82, 2.24) is 0 Å². The van der Waals surface area contributed by atoms with Gasteiger partial charge in [-0.05, 0) is 75.5 Å². The SMILES string of the molecule is COC(C)(C)CCC(N)C1C2C3CCC(C3)C12. The van der Waals surface area contributed by atoms with Gasteiger partial charge < -0.3 is 10.5 Å². The third kappa shape index (κ3) is 1.94. The fraction of sp³-hybridized carbons (Fsp3) is 1.00. The van der Waals surface area contributed by atoms with Gasteiger partial charge in [-0.2, -0.15) is 0 Å². The largest absolute Gasteiger partial charge is 0.379 e. The Morgan fingerprint density at radius 1 is 1.24 bits per heavy atom. The van der Waals surface area contributed by atoms with Crippen LogP contribution >= 0.6 is 0 Å². The fourth-order valence-electron chi connectivity index (χ4n) is 4.77. The van der Waals surface area contributed by atoms with Crippen molar-refractivity contribution >= 4 is 0 Å². The minimum absolute atomic E-state index is 0.000597. The molecule has 2 bridgehead atoms. The van der Waals surface area contributed by atoms with Crippen LogP contribution in [0.2, 0.25) is 0 Å². The number of hydrogen-bond donors (Lipinski definition) is 1. The van der Waals surface area contributed by atoms with Crippen molar-refractivity contribution in [3.8, 4) is 0 Å². The van der Waals surface area contributed by atoms with E-state index in [9.17, 15) is 0 Å². The molecule has 3 aliphatic carbocycles. The molecule has 3 fully saturated rings. The maximum atomic E-state index is 6.43. The van der Waals surface area contributed by atoms with Gasteiger partial charge in [-0.15, -0.1) is 0 Å². The monoisotopic (exact) mass is 237 g/mol. The first-order chi connectivity index (χ1) is 8.03. The minimum atomic E-state index is 0.000597. The highest BCUT2D eigenvalue weighted by molar-refractivity contribution is 5.15. The van der Waals surface area contributed by atoms with Gasteiger partial charge in [0, 0.05) is 13.2 Å². The Balaban J connectivity index is 1.51. The van der Waals surface area contributed by atoms with Crippen molar-refractivity contribution in [2.75, 3.05) is 7.11 Å². The predicted molar refractivity (Wildman–Crippen MR) is 69.6 cm³/mol. The van der Waals surface area contributed by atoms with Crippen LogP contribution in [0.15, 0.2) is 0 Å². The third-order valence-electron chi connectivity index (χ3n) is 5.92. The molecule has 3 rings (SSSR count). The number of hydrogen-bond acceptors (Lipinski definition) is 2. The highest BCUT2D eigenvalue weighted by Crippen LogP contribution is 2.70. The van der Waals surface area contributed by atoms with E-state index in [1.807, 2.05) is 0 Å². The van der Waals surface area contributed by atoms with E-state index in [1.165, 1.54) is 19.3 Å². The first kappa shape index (κ1) is 12.0. The lowest BCUT2D eigenvalue weighted by Gasteiger charge is -2.25. The number of rotatable bonds is 5. The molecule has 5 unspecified atom stereocenters. The highest BCUT2D eigenvalue weighted by Gasteiger charge is 2.65. The third-order valence-corrected chi connectivity index (χ3v) is 5.92. The molecule has 0 radical (unpaired) electrons. The predicted octanol–water partition coefficient (Wildman–Crippen LogP) is 2.81. The number of nitrogens with two attached hydrogens (primary N) is 1. The standard InChI is InChI=1S/C15H27NO/c1-15(2,17-3)7-6-11(16)14-12-9-4-5-10(8-9)13(12)14/h9-14H,4-8,16H2,1-3H3. The van der Waals surface area contributed by atoms with E-state index in [2.05, 4.69) is 13.8 Å². The van der Waals surface area contributed by atoms with Crippen LogP contribution in [0.3, 0.4) is 0 Å². The molecule has 0 aromatic heterocycles. The van der Waals surface area contributed by atoms with E-state index >= 15 is 0 Å². The smallest absolute Gasteiger partial charge is 0.0623 e. The molecule has 0 aromatic carbocycles. The summed E-state index contributed by atoms with van der Waals surface area (Å²) in [5.74, 6) is 5.02. The molecule has 3 saturated carbocycles. The van der Waals surface area contributed by atoms with E-state index in [1.54, 1.807) is 7.11 Å². The molecule has 0 spiro atoms. The van der Waals surface area contributed by atoms with Gasteiger partial charge in [0.05, 0.1) is 5.60 Å². The first-order valence-electron chi connectivity index (χ1n) is 7.34. The summed E-state index contributed by atoms with van der Waals surface area (Å²) < 4.78 is 5.48. The van der Waals surface area contributed by atoms with Gasteiger partial charge in [0.15, 0.2) is 0 Å². The fourth-order valence-corrected chi connectivity index (χ4v) is 4.77. The molecule has 98 valence electrons. The van der Waals surface area contributed by atoms with Gasteiger partial charge in [-0.25, -0.2) is 0 Å². The zero-order valence-corrected chi connectivity index (χ0v) is 11.5. The second-order valence-electron chi connectivity index (χ2n) is 7.23. The van der Waals surface area contributed by atoms with Crippen LogP contribution in [0.1, 0.15) is 46.0 Å². The van der Waals surface area contributed by atoms with E-state index in [0.717, 1.165) is 42.4 Å². The van der Waals surface area contributed by atoms with Crippen molar-refractivity contribution in [1.29, 1.82) is 0 Å². The minimum Gasteiger partial charge on any atom is -0.379 e. The van der Waals surface area contributed by atoms with Crippen LogP contribution in [0, 0.1) is 29.6 Å². The molecular weight excluding hydrogens is 210 g/mol. The van der Waals surface area contributed by atoms with Gasteiger partial charge in [0.2, 0.25) is 0 Å². The highest BCUT2D eigenvalue weighted by atomic mass is 16.5. The van der Waals surface area contributed by atoms with Gasteiger partial charge >= 0.3 is 0 Å². The molecule has 0 aliphatic heterocycles. The zero-order valence-electron chi connectivity index (χ0n) is 11.5. The van der Waals surface area contributed by atoms with Crippen LogP contribution in [0.5, 0.6) is 0 Å². The topological polar surface area (TPSA) is 35.2 Å². The van der Waals surface area contributed by atoms with Crippen LogP contribution in [0.4, 0.5) is 0 Å². The normalized spacial score (nSPS) is 44.8. The van der Waals surface area contributed by atoms with Crippen molar-refractivity contribution in [2.45, 2.75) is 57.6 Å². The van der Waals surface area contributed by atoms with Gasteiger partial charge in [0.25, 0.3) is 0 Å². The molecular formula is C15H27NO. The van der Waals surface area contributed by atoms with Gasteiger partial charge in [-0.1, -0.05) is 0 Å². The van der Waals surface area contributed by atoms with E-state index in [4.69, 9.17) is 10.5 Å². The summed E-state index contributed by atoms with van der Waals surface area (Å²) in [7, 11) is 1.80. The van der Waals surface area contributed by atoms with Crippen LogP contribution in [-0.4, -0.2) is 18.8 Å². The Bertz CT molecular complexity index is 285. The maximum Gasteiger partial charge on any atom is 0.0623 e. The Hall–Kier alpha value is -0.0800. The summed E-state index contributed by atoms with van der Waals surface area (Å²) in [6.07, 6.45) is 6.76. The molecule has 0 amide bonds. The van der Waals surface area contributed by atoms with Crippen molar-refractivity contribution in [3.05, 3.63) is 0 Å². The first-order valence-corrected chi connectivity index (χ1v) is 7.34. The molecule has 2 nitrogen and oxygen atoms in total. The molecule has 3 aliphatic rings. The summed E-state index contributed by atoms with van der Waals surface area (Å²) in [5.41, 5.74) is 6.43. The molecule has 5 atom stereocenters. The average Bonchev–Trinajstić information content (AvgIpc) is 2.75. The summed E-state index contributed by atoms with van der Waals surface area (Å²) >= 11 is 0. The molecule has 2 heteroatoms. The Morgan fingerprint density at radius 2 is 1.82 bits per heavy atom. The van der Waals surface area contributed by atoms with Crippen molar-refractivity contribution in [2.24, 2.45) is 35.3 Å². The van der Waals surface area contributed by atoms with Crippen molar-refractivity contribution < 1.29 is 4.74 Å². The summed E-state index contributed by atoms with van der Waals surface area (Å²) in [6.45, 7) is 4.33. The quantitative estimate of drug-likeness (QED) is 0.798. The van der Waals surface area contributed by atoms with Gasteiger partial charge in [-0.3, -0.25) is 0 Å². The second-order valence-corrected chi connectivity index (χ2v) is 7.23. The lowest BCUT2D eigenvalue weighted by atomic mass is 9.92. The van der Waals surface area contributed by atoms with E-state index in [-0.39, 0.29) is 5.60 Å². The maximum absolute atomic E-state index is 6.43. The molecule has 17 heavy (non-hydrogen) atoms. The molecule has 0 aromatic rings.